The number of rotatable bonds is 6. The van der Waals surface area contributed by atoms with E-state index in [1.54, 1.807) is 13.0 Å². The second-order valence-corrected chi connectivity index (χ2v) is 7.62. The van der Waals surface area contributed by atoms with Gasteiger partial charge in [-0.3, -0.25) is 4.79 Å². The van der Waals surface area contributed by atoms with Crippen LogP contribution in [0.15, 0.2) is 66.7 Å². The van der Waals surface area contributed by atoms with Crippen molar-refractivity contribution in [1.29, 1.82) is 0 Å². The summed E-state index contributed by atoms with van der Waals surface area (Å²) in [7, 11) is 0. The lowest BCUT2D eigenvalue weighted by molar-refractivity contribution is -0.137. The third-order valence-electron chi connectivity index (χ3n) is 5.63. The predicted molar refractivity (Wildman–Crippen MR) is 114 cm³/mol. The van der Waals surface area contributed by atoms with E-state index in [2.05, 4.69) is 5.32 Å². The highest BCUT2D eigenvalue weighted by atomic mass is 19.1. The molecule has 6 heteroatoms. The van der Waals surface area contributed by atoms with Gasteiger partial charge < -0.3 is 15.2 Å². The highest BCUT2D eigenvalue weighted by Crippen LogP contribution is 2.44. The average Bonchev–Trinajstić information content (AvgIpc) is 3.07. The van der Waals surface area contributed by atoms with Crippen LogP contribution in [0.4, 0.5) is 9.18 Å². The molecule has 0 radical (unpaired) electrons. The fourth-order valence-electron chi connectivity index (χ4n) is 4.18. The van der Waals surface area contributed by atoms with Gasteiger partial charge in [-0.15, -0.1) is 0 Å². The van der Waals surface area contributed by atoms with Gasteiger partial charge in [-0.2, -0.15) is 0 Å². The quantitative estimate of drug-likeness (QED) is 0.577. The Bertz CT molecular complexity index is 1100. The average molecular weight is 419 g/mol. The van der Waals surface area contributed by atoms with Crippen LogP contribution in [0.2, 0.25) is 0 Å². The molecule has 0 unspecified atom stereocenters. The normalized spacial score (nSPS) is 13.2. The van der Waals surface area contributed by atoms with Crippen LogP contribution in [0, 0.1) is 12.7 Å². The first-order chi connectivity index (χ1) is 14.9. The molecule has 1 aliphatic rings. The second-order valence-electron chi connectivity index (χ2n) is 7.62. The summed E-state index contributed by atoms with van der Waals surface area (Å²) >= 11 is 0. The van der Waals surface area contributed by atoms with Crippen LogP contribution in [0.5, 0.6) is 0 Å². The van der Waals surface area contributed by atoms with Crippen molar-refractivity contribution in [3.63, 3.8) is 0 Å². The van der Waals surface area contributed by atoms with E-state index < -0.39 is 23.9 Å². The Morgan fingerprint density at radius 1 is 1.03 bits per heavy atom. The molecule has 3 aromatic carbocycles. The Morgan fingerprint density at radius 2 is 1.65 bits per heavy atom. The summed E-state index contributed by atoms with van der Waals surface area (Å²) < 4.78 is 19.2. The maximum absolute atomic E-state index is 13.7. The van der Waals surface area contributed by atoms with Gasteiger partial charge in [-0.05, 0) is 52.4 Å². The van der Waals surface area contributed by atoms with E-state index in [0.717, 1.165) is 22.3 Å². The Hall–Kier alpha value is -3.67. The molecule has 2 N–H and O–H groups in total. The van der Waals surface area contributed by atoms with Crippen molar-refractivity contribution in [2.75, 3.05) is 6.61 Å². The largest absolute Gasteiger partial charge is 0.481 e. The first-order valence-corrected chi connectivity index (χ1v) is 10.0. The highest BCUT2D eigenvalue weighted by molar-refractivity contribution is 5.79. The predicted octanol–water partition coefficient (Wildman–Crippen LogP) is 5.19. The number of amides is 1. The van der Waals surface area contributed by atoms with Crippen molar-refractivity contribution in [3.8, 4) is 11.1 Å². The molecule has 0 spiro atoms. The molecule has 0 fully saturated rings. The molecule has 0 saturated carbocycles. The van der Waals surface area contributed by atoms with Crippen molar-refractivity contribution >= 4 is 12.1 Å². The fraction of sp³-hybridized carbons (Fsp3) is 0.200. The molecule has 0 heterocycles. The molecule has 1 atom stereocenters. The van der Waals surface area contributed by atoms with E-state index in [-0.39, 0.29) is 18.9 Å². The lowest BCUT2D eigenvalue weighted by atomic mass is 9.98. The Balaban J connectivity index is 1.50. The zero-order valence-electron chi connectivity index (χ0n) is 17.0. The molecule has 31 heavy (non-hydrogen) atoms. The van der Waals surface area contributed by atoms with Gasteiger partial charge in [0, 0.05) is 5.92 Å². The molecule has 0 aliphatic heterocycles. The zero-order valence-corrected chi connectivity index (χ0v) is 17.0. The van der Waals surface area contributed by atoms with Crippen molar-refractivity contribution < 1.29 is 23.8 Å². The maximum atomic E-state index is 13.7. The van der Waals surface area contributed by atoms with E-state index in [0.29, 0.717) is 11.1 Å². The van der Waals surface area contributed by atoms with Crippen molar-refractivity contribution in [3.05, 3.63) is 94.8 Å². The monoisotopic (exact) mass is 419 g/mol. The number of carboxylic acid groups (broad SMARTS) is 1. The van der Waals surface area contributed by atoms with Crippen LogP contribution < -0.4 is 5.32 Å². The molecular weight excluding hydrogens is 397 g/mol. The summed E-state index contributed by atoms with van der Waals surface area (Å²) in [6.07, 6.45) is -1.12. The summed E-state index contributed by atoms with van der Waals surface area (Å²) in [6.45, 7) is 1.85. The number of aryl methyl sites for hydroxylation is 1. The number of ether oxygens (including phenoxy) is 1. The number of carboxylic acids is 1. The van der Waals surface area contributed by atoms with Gasteiger partial charge in [0.1, 0.15) is 12.4 Å². The number of carbonyl (C=O) groups excluding carboxylic acids is 1. The van der Waals surface area contributed by atoms with Crippen LogP contribution in [0.25, 0.3) is 11.1 Å². The van der Waals surface area contributed by atoms with E-state index in [1.807, 2.05) is 48.5 Å². The standard InChI is InChI=1S/C25H22FNO4/c1-15-10-11-16(26)12-21(15)23(13-24(28)29)27-25(30)31-14-22-19-8-4-2-6-17(19)18-7-3-5-9-20(18)22/h2-12,22-23H,13-14H2,1H3,(H,27,30)(H,28,29)/t23-/m1/s1. The van der Waals surface area contributed by atoms with Crippen molar-refractivity contribution in [1.82, 2.24) is 5.32 Å². The molecule has 5 nitrogen and oxygen atoms in total. The molecule has 0 saturated heterocycles. The summed E-state index contributed by atoms with van der Waals surface area (Å²) in [5.41, 5.74) is 5.50. The van der Waals surface area contributed by atoms with E-state index >= 15 is 0 Å². The molecule has 3 aromatic rings. The number of halogens is 1. The maximum Gasteiger partial charge on any atom is 0.407 e. The number of nitrogens with one attached hydrogen (secondary N) is 1. The highest BCUT2D eigenvalue weighted by Gasteiger charge is 2.29. The van der Waals surface area contributed by atoms with Gasteiger partial charge >= 0.3 is 12.1 Å². The van der Waals surface area contributed by atoms with E-state index in [1.165, 1.54) is 12.1 Å². The van der Waals surface area contributed by atoms with Crippen LogP contribution in [0.3, 0.4) is 0 Å². The van der Waals surface area contributed by atoms with Gasteiger partial charge in [0.15, 0.2) is 0 Å². The van der Waals surface area contributed by atoms with Crippen LogP contribution >= 0.6 is 0 Å². The minimum absolute atomic E-state index is 0.105. The molecule has 4 rings (SSSR count). The molecule has 1 aliphatic carbocycles. The summed E-state index contributed by atoms with van der Waals surface area (Å²) in [6, 6.07) is 19.2. The van der Waals surface area contributed by atoms with Gasteiger partial charge in [0.25, 0.3) is 0 Å². The molecule has 0 bridgehead atoms. The number of hydrogen-bond acceptors (Lipinski definition) is 3. The third kappa shape index (κ3) is 4.28. The lowest BCUT2D eigenvalue weighted by Gasteiger charge is -2.20. The second kappa shape index (κ2) is 8.60. The minimum Gasteiger partial charge on any atom is -0.481 e. The molecular formula is C25H22FNO4. The smallest absolute Gasteiger partial charge is 0.407 e. The summed E-state index contributed by atoms with van der Waals surface area (Å²) in [5, 5.41) is 11.8. The van der Waals surface area contributed by atoms with Gasteiger partial charge in [-0.1, -0.05) is 54.6 Å². The Morgan fingerprint density at radius 3 is 2.26 bits per heavy atom. The van der Waals surface area contributed by atoms with E-state index in [4.69, 9.17) is 4.74 Å². The fourth-order valence-corrected chi connectivity index (χ4v) is 4.18. The first-order valence-electron chi connectivity index (χ1n) is 10.0. The van der Waals surface area contributed by atoms with Gasteiger partial charge in [-0.25, -0.2) is 9.18 Å². The van der Waals surface area contributed by atoms with Crippen molar-refractivity contribution in [2.24, 2.45) is 0 Å². The number of alkyl carbamates (subject to hydrolysis) is 1. The first kappa shape index (κ1) is 20.6. The van der Waals surface area contributed by atoms with Gasteiger partial charge in [0.05, 0.1) is 12.5 Å². The van der Waals surface area contributed by atoms with Crippen LogP contribution in [-0.2, 0) is 9.53 Å². The summed E-state index contributed by atoms with van der Waals surface area (Å²) in [4.78, 5) is 23.9. The van der Waals surface area contributed by atoms with Crippen LogP contribution in [0.1, 0.15) is 40.6 Å². The number of fused-ring (bicyclic) bond motifs is 3. The number of aliphatic carboxylic acids is 1. The number of hydrogen-bond donors (Lipinski definition) is 2. The van der Waals surface area contributed by atoms with Crippen LogP contribution in [-0.4, -0.2) is 23.8 Å². The van der Waals surface area contributed by atoms with Gasteiger partial charge in [0.2, 0.25) is 0 Å². The number of benzene rings is 3. The molecule has 158 valence electrons. The topological polar surface area (TPSA) is 75.6 Å². The summed E-state index contributed by atoms with van der Waals surface area (Å²) in [5.74, 6) is -1.70. The Labute approximate surface area is 179 Å². The third-order valence-corrected chi connectivity index (χ3v) is 5.63. The lowest BCUT2D eigenvalue weighted by Crippen LogP contribution is -2.32. The zero-order chi connectivity index (χ0) is 22.0. The SMILES string of the molecule is Cc1ccc(F)cc1[C@@H](CC(=O)O)NC(=O)OCC1c2ccccc2-c2ccccc21. The van der Waals surface area contributed by atoms with Crippen molar-refractivity contribution in [2.45, 2.75) is 25.3 Å². The number of carbonyl (C=O) groups is 2. The Kier molecular flexibility index (Phi) is 5.71. The minimum atomic E-state index is -1.10. The molecule has 0 aromatic heterocycles. The van der Waals surface area contributed by atoms with E-state index in [9.17, 15) is 19.1 Å². The molecule has 1 amide bonds.